The van der Waals surface area contributed by atoms with Crippen LogP contribution in [-0.4, -0.2) is 63.0 Å². The smallest absolute Gasteiger partial charge is 0.255 e. The number of nitrogens with zero attached hydrogens (tertiary/aromatic N) is 4. The van der Waals surface area contributed by atoms with E-state index in [4.69, 9.17) is 21.4 Å². The number of imide groups is 1. The van der Waals surface area contributed by atoms with Crippen molar-refractivity contribution >= 4 is 29.3 Å². The molecule has 1 N–H and O–H groups in total. The van der Waals surface area contributed by atoms with Gasteiger partial charge in [-0.15, -0.1) is 0 Å². The quantitative estimate of drug-likeness (QED) is 0.506. The highest BCUT2D eigenvalue weighted by molar-refractivity contribution is 6.30. The summed E-state index contributed by atoms with van der Waals surface area (Å²) in [6.07, 6.45) is 4.49. The van der Waals surface area contributed by atoms with Gasteiger partial charge in [0.1, 0.15) is 11.8 Å². The molecule has 0 aliphatic carbocycles. The van der Waals surface area contributed by atoms with Crippen molar-refractivity contribution in [3.05, 3.63) is 76.1 Å². The summed E-state index contributed by atoms with van der Waals surface area (Å²) in [6.45, 7) is 3.57. The zero-order valence-corrected chi connectivity index (χ0v) is 22.1. The number of nitrogens with one attached hydrogen (secondary N) is 1. The van der Waals surface area contributed by atoms with Crippen LogP contribution < -0.4 is 10.1 Å². The Morgan fingerprint density at radius 3 is 2.62 bits per heavy atom. The summed E-state index contributed by atoms with van der Waals surface area (Å²) >= 11 is 6.01. The molecule has 1 aromatic heterocycles. The number of halogens is 1. The maximum atomic E-state index is 13.2. The van der Waals surface area contributed by atoms with Crippen LogP contribution in [0.25, 0.3) is 5.69 Å². The average Bonchev–Trinajstić information content (AvgIpc) is 3.63. The van der Waals surface area contributed by atoms with Crippen LogP contribution in [0.3, 0.4) is 0 Å². The highest BCUT2D eigenvalue weighted by atomic mass is 35.5. The fourth-order valence-corrected chi connectivity index (χ4v) is 6.58. The summed E-state index contributed by atoms with van der Waals surface area (Å²) < 4.78 is 8.17. The fourth-order valence-electron chi connectivity index (χ4n) is 6.45. The third-order valence-corrected chi connectivity index (χ3v) is 8.92. The lowest BCUT2D eigenvalue weighted by molar-refractivity contribution is -0.136. The number of carbonyl (C=O) groups is 3. The summed E-state index contributed by atoms with van der Waals surface area (Å²) in [5.41, 5.74) is 4.57. The Balaban J connectivity index is 1.04. The SMILES string of the molecule is O=C1CC[C@H](N2Cc3c(ccc4c3OCC43CCN(Cc4ccn(-c5ccc(Cl)cc5)n4)CC3)C2=O)C(=O)N1. The molecule has 200 valence electrons. The topological polar surface area (TPSA) is 96.8 Å². The van der Waals surface area contributed by atoms with Crippen molar-refractivity contribution in [2.24, 2.45) is 0 Å². The van der Waals surface area contributed by atoms with E-state index in [1.54, 1.807) is 4.90 Å². The highest BCUT2D eigenvalue weighted by Crippen LogP contribution is 2.49. The first-order valence-electron chi connectivity index (χ1n) is 13.4. The molecule has 4 aliphatic rings. The van der Waals surface area contributed by atoms with Crippen LogP contribution in [-0.2, 0) is 28.1 Å². The van der Waals surface area contributed by atoms with E-state index in [9.17, 15) is 14.4 Å². The van der Waals surface area contributed by atoms with E-state index in [-0.39, 0.29) is 23.7 Å². The van der Waals surface area contributed by atoms with Crippen LogP contribution in [0, 0.1) is 0 Å². The first-order valence-corrected chi connectivity index (χ1v) is 13.7. The van der Waals surface area contributed by atoms with Crippen molar-refractivity contribution < 1.29 is 19.1 Å². The van der Waals surface area contributed by atoms with Crippen LogP contribution in [0.15, 0.2) is 48.7 Å². The summed E-state index contributed by atoms with van der Waals surface area (Å²) in [6, 6.07) is 13.0. The number of fused-ring (bicyclic) bond motifs is 4. The van der Waals surface area contributed by atoms with Gasteiger partial charge in [-0.2, -0.15) is 5.10 Å². The molecule has 1 atom stereocenters. The van der Waals surface area contributed by atoms with Crippen molar-refractivity contribution in [1.82, 2.24) is 24.9 Å². The Bertz CT molecular complexity index is 1490. The molecule has 2 fully saturated rings. The number of hydrogen-bond acceptors (Lipinski definition) is 6. The molecule has 1 spiro atoms. The maximum Gasteiger partial charge on any atom is 0.255 e. The van der Waals surface area contributed by atoms with Gasteiger partial charge in [-0.05, 0) is 68.8 Å². The van der Waals surface area contributed by atoms with E-state index in [0.717, 1.165) is 55.2 Å². The molecule has 4 aliphatic heterocycles. The van der Waals surface area contributed by atoms with Gasteiger partial charge in [0.15, 0.2) is 0 Å². The van der Waals surface area contributed by atoms with E-state index >= 15 is 0 Å². The molecular weight excluding hydrogens is 518 g/mol. The fraction of sp³-hybridized carbons (Fsp3) is 0.379. The van der Waals surface area contributed by atoms with Crippen molar-refractivity contribution in [3.63, 3.8) is 0 Å². The van der Waals surface area contributed by atoms with Crippen LogP contribution in [0.1, 0.15) is 52.9 Å². The van der Waals surface area contributed by atoms with E-state index in [1.165, 1.54) is 5.56 Å². The Morgan fingerprint density at radius 2 is 1.85 bits per heavy atom. The molecule has 0 bridgehead atoms. The minimum atomic E-state index is -0.625. The number of carbonyl (C=O) groups excluding carboxylic acids is 3. The van der Waals surface area contributed by atoms with Gasteiger partial charge >= 0.3 is 0 Å². The standard InChI is InChI=1S/C29H28ClN5O4/c30-18-1-3-20(4-2-18)35-12-9-19(32-35)15-33-13-10-29(11-14-33)17-39-26-22-16-34(24-7-8-25(36)31-27(24)37)28(38)21(22)5-6-23(26)29/h1-6,9,12,24H,7-8,10-11,13-17H2,(H,31,36,37)/t24-/m0/s1. The molecule has 9 nitrogen and oxygen atoms in total. The number of aromatic nitrogens is 2. The van der Waals surface area contributed by atoms with Crippen LogP contribution in [0.5, 0.6) is 5.75 Å². The Kier molecular flexibility index (Phi) is 5.75. The summed E-state index contributed by atoms with van der Waals surface area (Å²) in [5.74, 6) is -0.0369. The first kappa shape index (κ1) is 24.4. The molecule has 2 aromatic carbocycles. The van der Waals surface area contributed by atoms with E-state index in [2.05, 4.69) is 22.3 Å². The molecule has 3 amide bonds. The van der Waals surface area contributed by atoms with Gasteiger partial charge in [0.25, 0.3) is 5.91 Å². The number of likely N-dealkylation sites (tertiary alicyclic amines) is 1. The summed E-state index contributed by atoms with van der Waals surface area (Å²) in [4.78, 5) is 41.2. The van der Waals surface area contributed by atoms with Gasteiger partial charge in [0.2, 0.25) is 11.8 Å². The second-order valence-electron chi connectivity index (χ2n) is 10.9. The highest BCUT2D eigenvalue weighted by Gasteiger charge is 2.47. The van der Waals surface area contributed by atoms with Crippen molar-refractivity contribution in [2.45, 2.75) is 50.2 Å². The van der Waals surface area contributed by atoms with Crippen molar-refractivity contribution in [1.29, 1.82) is 0 Å². The Morgan fingerprint density at radius 1 is 1.05 bits per heavy atom. The largest absolute Gasteiger partial charge is 0.492 e. The molecule has 3 aromatic rings. The van der Waals surface area contributed by atoms with Gasteiger partial charge in [0, 0.05) is 46.3 Å². The monoisotopic (exact) mass is 545 g/mol. The van der Waals surface area contributed by atoms with Crippen LogP contribution in [0.2, 0.25) is 5.02 Å². The second kappa shape index (κ2) is 9.20. The number of hydrogen-bond donors (Lipinski definition) is 1. The van der Waals surface area contributed by atoms with Gasteiger partial charge in [0.05, 0.1) is 24.5 Å². The molecule has 7 rings (SSSR count). The van der Waals surface area contributed by atoms with E-state index < -0.39 is 11.9 Å². The van der Waals surface area contributed by atoms with Gasteiger partial charge in [-0.3, -0.25) is 24.6 Å². The molecule has 39 heavy (non-hydrogen) atoms. The molecule has 0 radical (unpaired) electrons. The minimum absolute atomic E-state index is 0.0748. The lowest BCUT2D eigenvalue weighted by Gasteiger charge is -2.38. The predicted molar refractivity (Wildman–Crippen MR) is 143 cm³/mol. The van der Waals surface area contributed by atoms with E-state index in [0.29, 0.717) is 30.2 Å². The molecule has 10 heteroatoms. The predicted octanol–water partition coefficient (Wildman–Crippen LogP) is 3.21. The van der Waals surface area contributed by atoms with Crippen molar-refractivity contribution in [3.8, 4) is 11.4 Å². The van der Waals surface area contributed by atoms with E-state index in [1.807, 2.05) is 41.2 Å². The molecule has 0 unspecified atom stereocenters. The number of piperidine rings is 2. The van der Waals surface area contributed by atoms with Gasteiger partial charge in [-0.25, -0.2) is 4.68 Å². The Labute approximate surface area is 230 Å². The first-order chi connectivity index (χ1) is 18.9. The molecule has 2 saturated heterocycles. The normalized spacial score (nSPS) is 22.1. The van der Waals surface area contributed by atoms with Crippen molar-refractivity contribution in [2.75, 3.05) is 19.7 Å². The second-order valence-corrected chi connectivity index (χ2v) is 11.4. The molecule has 5 heterocycles. The molecule has 0 saturated carbocycles. The zero-order valence-electron chi connectivity index (χ0n) is 21.4. The summed E-state index contributed by atoms with van der Waals surface area (Å²) in [5, 5.41) is 7.82. The zero-order chi connectivity index (χ0) is 26.7. The molecular formula is C29H28ClN5O4. The lowest BCUT2D eigenvalue weighted by Crippen LogP contribution is -2.52. The number of amides is 3. The maximum absolute atomic E-state index is 13.2. The Hall–Kier alpha value is -3.69. The minimum Gasteiger partial charge on any atom is -0.492 e. The summed E-state index contributed by atoms with van der Waals surface area (Å²) in [7, 11) is 0. The van der Waals surface area contributed by atoms with Gasteiger partial charge < -0.3 is 9.64 Å². The van der Waals surface area contributed by atoms with Crippen LogP contribution >= 0.6 is 11.6 Å². The lowest BCUT2D eigenvalue weighted by atomic mass is 9.74. The number of ether oxygens (including phenoxy) is 1. The third kappa shape index (κ3) is 4.11. The van der Waals surface area contributed by atoms with Gasteiger partial charge in [-0.1, -0.05) is 17.7 Å². The van der Waals surface area contributed by atoms with Crippen LogP contribution in [0.4, 0.5) is 0 Å². The average molecular weight is 546 g/mol. The number of benzene rings is 2. The third-order valence-electron chi connectivity index (χ3n) is 8.66. The number of rotatable bonds is 4.